The number of hydrogen-bond acceptors (Lipinski definition) is 3. The van der Waals surface area contributed by atoms with Crippen LogP contribution in [0.4, 0.5) is 0 Å². The zero-order valence-corrected chi connectivity index (χ0v) is 8.99. The predicted molar refractivity (Wildman–Crippen MR) is 53.5 cm³/mol. The van der Waals surface area contributed by atoms with Crippen LogP contribution in [0.15, 0.2) is 0 Å². The molecule has 0 aliphatic carbocycles. The molecule has 1 aliphatic rings. The van der Waals surface area contributed by atoms with E-state index in [1.54, 1.807) is 7.11 Å². The molecule has 3 nitrogen and oxygen atoms in total. The Hall–Kier alpha value is -0.560. The summed E-state index contributed by atoms with van der Waals surface area (Å²) in [5.41, 5.74) is 0. The SMILES string of the molecule is C#CC[C@@H]1C[C@H](O)[C@@H](C)[C@@](C)(OC)O1. The van der Waals surface area contributed by atoms with Gasteiger partial charge in [-0.3, -0.25) is 0 Å². The van der Waals surface area contributed by atoms with Crippen molar-refractivity contribution >= 4 is 0 Å². The van der Waals surface area contributed by atoms with Crippen LogP contribution >= 0.6 is 0 Å². The maximum absolute atomic E-state index is 9.81. The van der Waals surface area contributed by atoms with Gasteiger partial charge in [0.1, 0.15) is 0 Å². The fourth-order valence-electron chi connectivity index (χ4n) is 1.80. The fraction of sp³-hybridized carbons (Fsp3) is 0.818. The highest BCUT2D eigenvalue weighted by molar-refractivity contribution is 4.93. The van der Waals surface area contributed by atoms with Crippen LogP contribution in [0.3, 0.4) is 0 Å². The summed E-state index contributed by atoms with van der Waals surface area (Å²) >= 11 is 0. The van der Waals surface area contributed by atoms with Gasteiger partial charge in [0.05, 0.1) is 12.2 Å². The molecule has 14 heavy (non-hydrogen) atoms. The van der Waals surface area contributed by atoms with Gasteiger partial charge in [0.25, 0.3) is 0 Å². The van der Waals surface area contributed by atoms with E-state index in [0.29, 0.717) is 12.8 Å². The largest absolute Gasteiger partial charge is 0.393 e. The quantitative estimate of drug-likeness (QED) is 0.677. The zero-order chi connectivity index (χ0) is 10.8. The minimum Gasteiger partial charge on any atom is -0.393 e. The van der Waals surface area contributed by atoms with E-state index in [4.69, 9.17) is 15.9 Å². The number of methoxy groups -OCH3 is 1. The Balaban J connectivity index is 2.72. The highest BCUT2D eigenvalue weighted by Crippen LogP contribution is 2.35. The molecule has 1 N–H and O–H groups in total. The maximum atomic E-state index is 9.81. The van der Waals surface area contributed by atoms with Crippen molar-refractivity contribution in [2.75, 3.05) is 7.11 Å². The van der Waals surface area contributed by atoms with E-state index in [1.165, 1.54) is 0 Å². The van der Waals surface area contributed by atoms with Crippen LogP contribution in [0.5, 0.6) is 0 Å². The average molecular weight is 198 g/mol. The Kier molecular flexibility index (Phi) is 3.54. The molecule has 0 saturated carbocycles. The second-order valence-corrected chi connectivity index (χ2v) is 3.96. The van der Waals surface area contributed by atoms with Gasteiger partial charge in [-0.25, -0.2) is 0 Å². The summed E-state index contributed by atoms with van der Waals surface area (Å²) in [5.74, 6) is 1.78. The summed E-state index contributed by atoms with van der Waals surface area (Å²) in [6.45, 7) is 3.75. The molecular formula is C11H18O3. The molecular weight excluding hydrogens is 180 g/mol. The second kappa shape index (κ2) is 4.31. The van der Waals surface area contributed by atoms with Gasteiger partial charge in [0, 0.05) is 25.9 Å². The van der Waals surface area contributed by atoms with Crippen LogP contribution in [-0.4, -0.2) is 30.2 Å². The molecule has 3 heteroatoms. The van der Waals surface area contributed by atoms with E-state index in [0.717, 1.165) is 0 Å². The molecule has 0 aromatic rings. The first-order valence-corrected chi connectivity index (χ1v) is 4.88. The molecule has 1 aliphatic heterocycles. The molecule has 1 heterocycles. The Morgan fingerprint density at radius 2 is 2.36 bits per heavy atom. The lowest BCUT2D eigenvalue weighted by Crippen LogP contribution is -2.52. The van der Waals surface area contributed by atoms with Crippen molar-refractivity contribution in [3.8, 4) is 12.3 Å². The van der Waals surface area contributed by atoms with Crippen LogP contribution in [0, 0.1) is 18.3 Å². The highest BCUT2D eigenvalue weighted by Gasteiger charge is 2.43. The van der Waals surface area contributed by atoms with E-state index in [-0.39, 0.29) is 12.0 Å². The summed E-state index contributed by atoms with van der Waals surface area (Å²) in [6, 6.07) is 0. The van der Waals surface area contributed by atoms with Crippen LogP contribution < -0.4 is 0 Å². The predicted octanol–water partition coefficient (Wildman–Crippen LogP) is 1.16. The molecule has 1 fully saturated rings. The molecule has 4 atom stereocenters. The number of rotatable bonds is 2. The molecule has 1 rings (SSSR count). The molecule has 0 aromatic carbocycles. The van der Waals surface area contributed by atoms with Gasteiger partial charge in [0.2, 0.25) is 0 Å². The number of hydrogen-bond donors (Lipinski definition) is 1. The molecule has 0 aromatic heterocycles. The highest BCUT2D eigenvalue weighted by atomic mass is 16.7. The third kappa shape index (κ3) is 2.09. The smallest absolute Gasteiger partial charge is 0.170 e. The van der Waals surface area contributed by atoms with Gasteiger partial charge in [-0.2, -0.15) is 0 Å². The first-order valence-electron chi connectivity index (χ1n) is 4.88. The monoisotopic (exact) mass is 198 g/mol. The first-order chi connectivity index (χ1) is 6.53. The van der Waals surface area contributed by atoms with E-state index in [9.17, 15) is 5.11 Å². The molecule has 0 bridgehead atoms. The molecule has 1 saturated heterocycles. The third-order valence-corrected chi connectivity index (χ3v) is 3.06. The van der Waals surface area contributed by atoms with E-state index < -0.39 is 11.9 Å². The van der Waals surface area contributed by atoms with Crippen molar-refractivity contribution in [3.05, 3.63) is 0 Å². The van der Waals surface area contributed by atoms with E-state index >= 15 is 0 Å². The third-order valence-electron chi connectivity index (χ3n) is 3.06. The van der Waals surface area contributed by atoms with Crippen molar-refractivity contribution in [3.63, 3.8) is 0 Å². The fourth-order valence-corrected chi connectivity index (χ4v) is 1.80. The molecule has 0 spiro atoms. The van der Waals surface area contributed by atoms with Crippen molar-refractivity contribution < 1.29 is 14.6 Å². The molecule has 0 unspecified atom stereocenters. The maximum Gasteiger partial charge on any atom is 0.170 e. The summed E-state index contributed by atoms with van der Waals surface area (Å²) < 4.78 is 11.0. The van der Waals surface area contributed by atoms with Gasteiger partial charge in [-0.1, -0.05) is 6.92 Å². The normalized spacial score (nSPS) is 43.2. The zero-order valence-electron chi connectivity index (χ0n) is 8.99. The van der Waals surface area contributed by atoms with Crippen LogP contribution in [0.25, 0.3) is 0 Å². The lowest BCUT2D eigenvalue weighted by Gasteiger charge is -2.44. The minimum atomic E-state index is -0.723. The van der Waals surface area contributed by atoms with Crippen molar-refractivity contribution in [1.82, 2.24) is 0 Å². The van der Waals surface area contributed by atoms with Gasteiger partial charge in [-0.05, 0) is 6.92 Å². The lowest BCUT2D eigenvalue weighted by molar-refractivity contribution is -0.302. The Morgan fingerprint density at radius 1 is 1.71 bits per heavy atom. The average Bonchev–Trinajstić information content (AvgIpc) is 2.15. The Labute approximate surface area is 85.4 Å². The standard InChI is InChI=1S/C11H18O3/c1-5-6-9-7-10(12)8(2)11(3,13-4)14-9/h1,8-10,12H,6-7H2,2-4H3/t8-,9-,10+,11+/m1/s1. The number of terminal acetylenes is 1. The Bertz CT molecular complexity index is 233. The van der Waals surface area contributed by atoms with Gasteiger partial charge < -0.3 is 14.6 Å². The summed E-state index contributed by atoms with van der Waals surface area (Å²) in [4.78, 5) is 0. The Morgan fingerprint density at radius 3 is 2.86 bits per heavy atom. The molecule has 80 valence electrons. The van der Waals surface area contributed by atoms with Crippen LogP contribution in [0.2, 0.25) is 0 Å². The second-order valence-electron chi connectivity index (χ2n) is 3.96. The number of aliphatic hydroxyl groups is 1. The van der Waals surface area contributed by atoms with Gasteiger partial charge in [-0.15, -0.1) is 12.3 Å². The van der Waals surface area contributed by atoms with Crippen molar-refractivity contribution in [2.24, 2.45) is 5.92 Å². The van der Waals surface area contributed by atoms with E-state index in [2.05, 4.69) is 5.92 Å². The number of aliphatic hydroxyl groups excluding tert-OH is 1. The number of ether oxygens (including phenoxy) is 2. The molecule has 0 amide bonds. The summed E-state index contributed by atoms with van der Waals surface area (Å²) in [5, 5.41) is 9.81. The van der Waals surface area contributed by atoms with Gasteiger partial charge in [0.15, 0.2) is 5.79 Å². The minimum absolute atomic E-state index is 0.0403. The van der Waals surface area contributed by atoms with Crippen LogP contribution in [0.1, 0.15) is 26.7 Å². The summed E-state index contributed by atoms with van der Waals surface area (Å²) in [7, 11) is 1.58. The lowest BCUT2D eigenvalue weighted by atomic mass is 9.87. The van der Waals surface area contributed by atoms with Gasteiger partial charge >= 0.3 is 0 Å². The molecule has 0 radical (unpaired) electrons. The van der Waals surface area contributed by atoms with Crippen molar-refractivity contribution in [1.29, 1.82) is 0 Å². The van der Waals surface area contributed by atoms with Crippen molar-refractivity contribution in [2.45, 2.75) is 44.7 Å². The topological polar surface area (TPSA) is 38.7 Å². The van der Waals surface area contributed by atoms with E-state index in [1.807, 2.05) is 13.8 Å². The van der Waals surface area contributed by atoms with Crippen LogP contribution in [-0.2, 0) is 9.47 Å². The first kappa shape index (κ1) is 11.5. The summed E-state index contributed by atoms with van der Waals surface area (Å²) in [6.07, 6.45) is 5.81.